The van der Waals surface area contributed by atoms with E-state index >= 15 is 0 Å². The maximum atomic E-state index is 13.0. The van der Waals surface area contributed by atoms with Gasteiger partial charge in [-0.1, -0.05) is 36.4 Å². The van der Waals surface area contributed by atoms with E-state index in [0.717, 1.165) is 27.5 Å². The summed E-state index contributed by atoms with van der Waals surface area (Å²) in [4.78, 5) is 17.0. The minimum absolute atomic E-state index is 0.109. The number of rotatable bonds is 2. The zero-order valence-corrected chi connectivity index (χ0v) is 13.8. The third-order valence-electron chi connectivity index (χ3n) is 4.50. The third-order valence-corrected chi connectivity index (χ3v) is 4.50. The van der Waals surface area contributed by atoms with Crippen LogP contribution < -0.4 is 11.3 Å². The van der Waals surface area contributed by atoms with Crippen molar-refractivity contribution in [3.8, 4) is 22.3 Å². The highest BCUT2D eigenvalue weighted by atomic mass is 16.1. The van der Waals surface area contributed by atoms with Crippen molar-refractivity contribution in [3.05, 3.63) is 83.4 Å². The van der Waals surface area contributed by atoms with Gasteiger partial charge in [0, 0.05) is 19.4 Å². The van der Waals surface area contributed by atoms with E-state index in [1.54, 1.807) is 19.4 Å². The molecule has 122 valence electrons. The van der Waals surface area contributed by atoms with Gasteiger partial charge in [0.1, 0.15) is 5.82 Å². The fraction of sp³-hybridized carbons (Fsp3) is 0.0476. The van der Waals surface area contributed by atoms with E-state index in [2.05, 4.69) is 11.1 Å². The van der Waals surface area contributed by atoms with Gasteiger partial charge in [0.2, 0.25) is 0 Å². The van der Waals surface area contributed by atoms with Crippen molar-refractivity contribution in [2.24, 2.45) is 7.05 Å². The molecule has 2 heterocycles. The predicted molar refractivity (Wildman–Crippen MR) is 102 cm³/mol. The molecule has 2 N–H and O–H groups in total. The van der Waals surface area contributed by atoms with Gasteiger partial charge in [0.05, 0.1) is 5.56 Å². The van der Waals surface area contributed by atoms with Crippen LogP contribution in [0.25, 0.3) is 33.0 Å². The Morgan fingerprint density at radius 3 is 2.36 bits per heavy atom. The number of anilines is 1. The summed E-state index contributed by atoms with van der Waals surface area (Å²) < 4.78 is 1.48. The number of hydrogen-bond donors (Lipinski definition) is 1. The van der Waals surface area contributed by atoms with Gasteiger partial charge in [-0.3, -0.25) is 14.3 Å². The molecule has 4 aromatic rings. The number of pyridine rings is 2. The first kappa shape index (κ1) is 15.1. The third kappa shape index (κ3) is 2.58. The second kappa shape index (κ2) is 5.91. The fourth-order valence-electron chi connectivity index (χ4n) is 3.10. The van der Waals surface area contributed by atoms with Crippen LogP contribution in [0.3, 0.4) is 0 Å². The van der Waals surface area contributed by atoms with Crippen LogP contribution >= 0.6 is 0 Å². The molecule has 0 saturated carbocycles. The molecule has 4 rings (SSSR count). The molecule has 4 heteroatoms. The lowest BCUT2D eigenvalue weighted by molar-refractivity contribution is 0.878. The number of nitrogens with two attached hydrogens (primary N) is 1. The van der Waals surface area contributed by atoms with Gasteiger partial charge in [-0.05, 0) is 51.7 Å². The van der Waals surface area contributed by atoms with Crippen molar-refractivity contribution >= 4 is 16.6 Å². The molecule has 0 aliphatic heterocycles. The van der Waals surface area contributed by atoms with Crippen LogP contribution in [0.2, 0.25) is 0 Å². The van der Waals surface area contributed by atoms with E-state index in [9.17, 15) is 4.79 Å². The van der Waals surface area contributed by atoms with Crippen LogP contribution in [0.1, 0.15) is 0 Å². The molecular weight excluding hydrogens is 310 g/mol. The second-order valence-electron chi connectivity index (χ2n) is 6.02. The average molecular weight is 327 g/mol. The maximum absolute atomic E-state index is 13.0. The van der Waals surface area contributed by atoms with Crippen molar-refractivity contribution in [1.82, 2.24) is 9.55 Å². The van der Waals surface area contributed by atoms with E-state index in [0.29, 0.717) is 11.4 Å². The standard InChI is InChI=1S/C21H17N3O/c1-24-19(22)13-18(15-8-10-23-11-9-15)20(21(24)25)17-7-6-14-4-2-3-5-16(14)12-17/h2-13H,22H2,1H3. The highest BCUT2D eigenvalue weighted by Crippen LogP contribution is 2.32. The summed E-state index contributed by atoms with van der Waals surface area (Å²) in [6.45, 7) is 0. The number of nitrogens with zero attached hydrogens (tertiary/aromatic N) is 2. The van der Waals surface area contributed by atoms with Gasteiger partial charge in [-0.2, -0.15) is 0 Å². The van der Waals surface area contributed by atoms with Gasteiger partial charge < -0.3 is 5.73 Å². The highest BCUT2D eigenvalue weighted by molar-refractivity contribution is 5.91. The summed E-state index contributed by atoms with van der Waals surface area (Å²) >= 11 is 0. The first-order valence-electron chi connectivity index (χ1n) is 8.04. The number of benzene rings is 2. The average Bonchev–Trinajstić information content (AvgIpc) is 2.66. The van der Waals surface area contributed by atoms with E-state index in [4.69, 9.17) is 5.73 Å². The van der Waals surface area contributed by atoms with Crippen molar-refractivity contribution in [3.63, 3.8) is 0 Å². The molecule has 0 aliphatic rings. The summed E-state index contributed by atoms with van der Waals surface area (Å²) in [5, 5.41) is 2.24. The molecular formula is C21H17N3O. The lowest BCUT2D eigenvalue weighted by Gasteiger charge is -2.14. The Morgan fingerprint density at radius 1 is 0.880 bits per heavy atom. The molecule has 0 spiro atoms. The molecule has 0 unspecified atom stereocenters. The van der Waals surface area contributed by atoms with Gasteiger partial charge in [-0.15, -0.1) is 0 Å². The van der Waals surface area contributed by atoms with Crippen molar-refractivity contribution in [2.75, 3.05) is 5.73 Å². The second-order valence-corrected chi connectivity index (χ2v) is 6.02. The topological polar surface area (TPSA) is 60.9 Å². The largest absolute Gasteiger partial charge is 0.385 e. The smallest absolute Gasteiger partial charge is 0.260 e. The SMILES string of the molecule is Cn1c(N)cc(-c2ccncc2)c(-c2ccc3ccccc3c2)c1=O. The Bertz CT molecular complexity index is 1130. The monoisotopic (exact) mass is 327 g/mol. The van der Waals surface area contributed by atoms with Crippen LogP contribution in [0, 0.1) is 0 Å². The molecule has 2 aromatic heterocycles. The number of fused-ring (bicyclic) bond motifs is 1. The molecule has 25 heavy (non-hydrogen) atoms. The zero-order chi connectivity index (χ0) is 17.4. The van der Waals surface area contributed by atoms with Crippen molar-refractivity contribution in [1.29, 1.82) is 0 Å². The van der Waals surface area contributed by atoms with Crippen molar-refractivity contribution in [2.45, 2.75) is 0 Å². The number of hydrogen-bond acceptors (Lipinski definition) is 3. The molecule has 0 radical (unpaired) electrons. The molecule has 4 nitrogen and oxygen atoms in total. The normalized spacial score (nSPS) is 10.9. The molecule has 2 aromatic carbocycles. The minimum atomic E-state index is -0.109. The van der Waals surface area contributed by atoms with E-state index < -0.39 is 0 Å². The quantitative estimate of drug-likeness (QED) is 0.608. The van der Waals surface area contributed by atoms with Gasteiger partial charge in [0.25, 0.3) is 5.56 Å². The van der Waals surface area contributed by atoms with Crippen LogP contribution in [-0.2, 0) is 7.05 Å². The number of nitrogen functional groups attached to an aromatic ring is 1. The molecule has 0 amide bonds. The Kier molecular flexibility index (Phi) is 3.58. The Hall–Kier alpha value is -3.40. The van der Waals surface area contributed by atoms with Crippen LogP contribution in [-0.4, -0.2) is 9.55 Å². The Labute approximate surface area is 145 Å². The van der Waals surface area contributed by atoms with Crippen LogP contribution in [0.15, 0.2) is 77.9 Å². The summed E-state index contributed by atoms with van der Waals surface area (Å²) in [5.41, 5.74) is 9.20. The van der Waals surface area contributed by atoms with Crippen LogP contribution in [0.5, 0.6) is 0 Å². The van der Waals surface area contributed by atoms with Crippen LogP contribution in [0.4, 0.5) is 5.82 Å². The molecule has 0 fully saturated rings. The van der Waals surface area contributed by atoms with E-state index in [-0.39, 0.29) is 5.56 Å². The predicted octanol–water partition coefficient (Wildman–Crippen LogP) is 3.85. The minimum Gasteiger partial charge on any atom is -0.385 e. The number of aromatic nitrogens is 2. The lowest BCUT2D eigenvalue weighted by Crippen LogP contribution is -2.22. The first-order valence-corrected chi connectivity index (χ1v) is 8.04. The summed E-state index contributed by atoms with van der Waals surface area (Å²) in [7, 11) is 1.69. The molecule has 0 saturated heterocycles. The van der Waals surface area contributed by atoms with E-state index in [1.807, 2.05) is 54.6 Å². The van der Waals surface area contributed by atoms with Gasteiger partial charge >= 0.3 is 0 Å². The Morgan fingerprint density at radius 2 is 1.60 bits per heavy atom. The van der Waals surface area contributed by atoms with E-state index in [1.165, 1.54) is 4.57 Å². The summed E-state index contributed by atoms with van der Waals surface area (Å²) in [5.74, 6) is 0.432. The molecule has 0 bridgehead atoms. The van der Waals surface area contributed by atoms with Gasteiger partial charge in [0.15, 0.2) is 0 Å². The highest BCUT2D eigenvalue weighted by Gasteiger charge is 2.15. The first-order chi connectivity index (χ1) is 12.1. The van der Waals surface area contributed by atoms with Crippen molar-refractivity contribution < 1.29 is 0 Å². The molecule has 0 aliphatic carbocycles. The van der Waals surface area contributed by atoms with Gasteiger partial charge in [-0.25, -0.2) is 0 Å². The summed E-state index contributed by atoms with van der Waals surface area (Å²) in [6.07, 6.45) is 3.43. The maximum Gasteiger partial charge on any atom is 0.260 e. The lowest BCUT2D eigenvalue weighted by atomic mass is 9.94. The fourth-order valence-corrected chi connectivity index (χ4v) is 3.10. The molecule has 0 atom stereocenters. The zero-order valence-electron chi connectivity index (χ0n) is 13.8. The Balaban J connectivity index is 2.05. The summed E-state index contributed by atoms with van der Waals surface area (Å²) in [6, 6.07) is 19.8.